The standard InChI is InChI=1S/C16H18N2O3/c19-10-17-14-15(20)12-8-4-5-9-13(12)18(16(14)21)11-6-2-1-3-7-11/h4-5,8-11,20H,1-3,6-7H2,(H,17,19). The van der Waals surface area contributed by atoms with Gasteiger partial charge in [0.2, 0.25) is 6.41 Å². The van der Waals surface area contributed by atoms with Gasteiger partial charge in [0.25, 0.3) is 5.56 Å². The number of fused-ring (bicyclic) bond motifs is 1. The number of carbonyl (C=O) groups excluding carboxylic acids is 1. The fraction of sp³-hybridized carbons (Fsp3) is 0.375. The molecule has 1 saturated carbocycles. The summed E-state index contributed by atoms with van der Waals surface area (Å²) in [6.07, 6.45) is 5.73. The first-order valence-electron chi connectivity index (χ1n) is 7.30. The predicted octanol–water partition coefficient (Wildman–Crippen LogP) is 2.78. The van der Waals surface area contributed by atoms with Gasteiger partial charge in [0, 0.05) is 11.4 Å². The van der Waals surface area contributed by atoms with Crippen molar-refractivity contribution in [1.29, 1.82) is 0 Å². The molecule has 1 heterocycles. The van der Waals surface area contributed by atoms with Gasteiger partial charge in [-0.15, -0.1) is 0 Å². The third kappa shape index (κ3) is 2.28. The van der Waals surface area contributed by atoms with E-state index in [2.05, 4.69) is 5.32 Å². The molecule has 0 unspecified atom stereocenters. The van der Waals surface area contributed by atoms with Crippen molar-refractivity contribution in [3.05, 3.63) is 34.6 Å². The zero-order valence-electron chi connectivity index (χ0n) is 11.7. The molecular weight excluding hydrogens is 268 g/mol. The van der Waals surface area contributed by atoms with Gasteiger partial charge in [0.15, 0.2) is 5.75 Å². The summed E-state index contributed by atoms with van der Waals surface area (Å²) < 4.78 is 1.74. The maximum absolute atomic E-state index is 12.7. The summed E-state index contributed by atoms with van der Waals surface area (Å²) in [5.74, 6) is -0.158. The molecule has 0 spiro atoms. The molecule has 2 N–H and O–H groups in total. The van der Waals surface area contributed by atoms with Crippen molar-refractivity contribution in [3.63, 3.8) is 0 Å². The number of nitrogens with one attached hydrogen (secondary N) is 1. The highest BCUT2D eigenvalue weighted by Gasteiger charge is 2.22. The number of carbonyl (C=O) groups is 1. The minimum atomic E-state index is -0.329. The first-order chi connectivity index (χ1) is 10.2. The van der Waals surface area contributed by atoms with Crippen molar-refractivity contribution in [2.45, 2.75) is 38.1 Å². The van der Waals surface area contributed by atoms with Crippen LogP contribution in [0.15, 0.2) is 29.1 Å². The summed E-state index contributed by atoms with van der Waals surface area (Å²) in [5.41, 5.74) is 0.364. The quantitative estimate of drug-likeness (QED) is 0.852. The number of para-hydroxylation sites is 1. The Labute approximate surface area is 122 Å². The zero-order valence-corrected chi connectivity index (χ0v) is 11.7. The van der Waals surface area contributed by atoms with Crippen molar-refractivity contribution < 1.29 is 9.90 Å². The van der Waals surface area contributed by atoms with Gasteiger partial charge in [0.1, 0.15) is 5.69 Å². The number of benzene rings is 1. The molecule has 5 heteroatoms. The summed E-state index contributed by atoms with van der Waals surface area (Å²) in [5, 5.41) is 13.2. The van der Waals surface area contributed by atoms with E-state index in [9.17, 15) is 14.7 Å². The van der Waals surface area contributed by atoms with Crippen molar-refractivity contribution in [1.82, 2.24) is 4.57 Å². The number of nitrogens with zero attached hydrogens (tertiary/aromatic N) is 1. The molecule has 21 heavy (non-hydrogen) atoms. The third-order valence-corrected chi connectivity index (χ3v) is 4.23. The monoisotopic (exact) mass is 286 g/mol. The fourth-order valence-corrected chi connectivity index (χ4v) is 3.24. The summed E-state index contributed by atoms with van der Waals surface area (Å²) in [4.78, 5) is 23.4. The average molecular weight is 286 g/mol. The number of anilines is 1. The molecule has 0 saturated heterocycles. The number of hydrogen-bond acceptors (Lipinski definition) is 3. The van der Waals surface area contributed by atoms with Gasteiger partial charge in [-0.1, -0.05) is 31.4 Å². The maximum Gasteiger partial charge on any atom is 0.278 e. The molecule has 0 radical (unpaired) electrons. The molecule has 3 rings (SSSR count). The first kappa shape index (κ1) is 13.7. The molecule has 0 aliphatic heterocycles. The van der Waals surface area contributed by atoms with Gasteiger partial charge in [-0.2, -0.15) is 0 Å². The van der Waals surface area contributed by atoms with Crippen LogP contribution in [0, 0.1) is 0 Å². The Balaban J connectivity index is 2.30. The molecule has 1 aliphatic carbocycles. The lowest BCUT2D eigenvalue weighted by Gasteiger charge is -2.26. The van der Waals surface area contributed by atoms with E-state index >= 15 is 0 Å². The summed E-state index contributed by atoms with van der Waals surface area (Å²) >= 11 is 0. The number of aromatic nitrogens is 1. The molecule has 1 aromatic carbocycles. The van der Waals surface area contributed by atoms with E-state index in [1.54, 1.807) is 10.6 Å². The van der Waals surface area contributed by atoms with Gasteiger partial charge in [-0.25, -0.2) is 0 Å². The van der Waals surface area contributed by atoms with Crippen LogP contribution in [-0.2, 0) is 4.79 Å². The molecule has 1 aliphatic rings. The van der Waals surface area contributed by atoms with Gasteiger partial charge in [-0.3, -0.25) is 9.59 Å². The maximum atomic E-state index is 12.7. The lowest BCUT2D eigenvalue weighted by atomic mass is 9.94. The fourth-order valence-electron chi connectivity index (χ4n) is 3.24. The summed E-state index contributed by atoms with van der Waals surface area (Å²) in [6, 6.07) is 7.40. The predicted molar refractivity (Wildman–Crippen MR) is 81.7 cm³/mol. The second-order valence-corrected chi connectivity index (χ2v) is 5.47. The second-order valence-electron chi connectivity index (χ2n) is 5.47. The van der Waals surface area contributed by atoms with Gasteiger partial charge >= 0.3 is 0 Å². The number of rotatable bonds is 3. The van der Waals surface area contributed by atoms with Gasteiger partial charge < -0.3 is 15.0 Å². The molecule has 1 amide bonds. The molecule has 0 bridgehead atoms. The highest BCUT2D eigenvalue weighted by atomic mass is 16.3. The van der Waals surface area contributed by atoms with Crippen LogP contribution < -0.4 is 10.9 Å². The van der Waals surface area contributed by atoms with Gasteiger partial charge in [-0.05, 0) is 25.0 Å². The van der Waals surface area contributed by atoms with Crippen molar-refractivity contribution in [2.75, 3.05) is 5.32 Å². The topological polar surface area (TPSA) is 71.3 Å². The third-order valence-electron chi connectivity index (χ3n) is 4.23. The molecule has 0 atom stereocenters. The van der Waals surface area contributed by atoms with Crippen LogP contribution in [0.1, 0.15) is 38.1 Å². The SMILES string of the molecule is O=CNc1c(O)c2ccccc2n(C2CCCCC2)c1=O. The van der Waals surface area contributed by atoms with Crippen LogP contribution in [0.2, 0.25) is 0 Å². The van der Waals surface area contributed by atoms with Crippen LogP contribution in [0.5, 0.6) is 5.75 Å². The smallest absolute Gasteiger partial charge is 0.278 e. The molecule has 1 fully saturated rings. The van der Waals surface area contributed by atoms with E-state index in [0.29, 0.717) is 11.8 Å². The Morgan fingerprint density at radius 1 is 1.19 bits per heavy atom. The van der Waals surface area contributed by atoms with Crippen molar-refractivity contribution >= 4 is 23.0 Å². The second kappa shape index (κ2) is 5.60. The molecule has 110 valence electrons. The number of aromatic hydroxyl groups is 1. The number of hydrogen-bond donors (Lipinski definition) is 2. The highest BCUT2D eigenvalue weighted by Crippen LogP contribution is 2.34. The molecule has 2 aromatic rings. The minimum Gasteiger partial charge on any atom is -0.505 e. The van der Waals surface area contributed by atoms with Crippen LogP contribution in [-0.4, -0.2) is 16.1 Å². The molecule has 1 aromatic heterocycles. The number of pyridine rings is 1. The Morgan fingerprint density at radius 3 is 2.62 bits per heavy atom. The lowest BCUT2D eigenvalue weighted by Crippen LogP contribution is -2.28. The largest absolute Gasteiger partial charge is 0.505 e. The van der Waals surface area contributed by atoms with Crippen LogP contribution in [0.25, 0.3) is 10.9 Å². The number of amides is 1. The highest BCUT2D eigenvalue weighted by molar-refractivity contribution is 5.92. The van der Waals surface area contributed by atoms with E-state index in [4.69, 9.17) is 0 Å². The Kier molecular flexibility index (Phi) is 3.64. The van der Waals surface area contributed by atoms with E-state index in [-0.39, 0.29) is 23.0 Å². The summed E-state index contributed by atoms with van der Waals surface area (Å²) in [6.45, 7) is 0. The normalized spacial score (nSPS) is 16.0. The van der Waals surface area contributed by atoms with Crippen LogP contribution in [0.4, 0.5) is 5.69 Å². The lowest BCUT2D eigenvalue weighted by molar-refractivity contribution is -0.105. The van der Waals surface area contributed by atoms with Crippen molar-refractivity contribution in [2.24, 2.45) is 0 Å². The first-order valence-corrected chi connectivity index (χ1v) is 7.30. The Bertz CT molecular complexity index is 730. The van der Waals surface area contributed by atoms with Crippen LogP contribution >= 0.6 is 0 Å². The van der Waals surface area contributed by atoms with E-state index < -0.39 is 0 Å². The van der Waals surface area contributed by atoms with Crippen molar-refractivity contribution in [3.8, 4) is 5.75 Å². The summed E-state index contributed by atoms with van der Waals surface area (Å²) in [7, 11) is 0. The van der Waals surface area contributed by atoms with E-state index in [1.807, 2.05) is 18.2 Å². The van der Waals surface area contributed by atoms with Crippen LogP contribution in [0.3, 0.4) is 0 Å². The van der Waals surface area contributed by atoms with E-state index in [0.717, 1.165) is 31.2 Å². The molecule has 5 nitrogen and oxygen atoms in total. The Morgan fingerprint density at radius 2 is 1.90 bits per heavy atom. The van der Waals surface area contributed by atoms with Gasteiger partial charge in [0.05, 0.1) is 5.52 Å². The molecular formula is C16H18N2O3. The van der Waals surface area contributed by atoms with E-state index in [1.165, 1.54) is 6.42 Å². The minimum absolute atomic E-state index is 0.0331. The zero-order chi connectivity index (χ0) is 14.8. The Hall–Kier alpha value is -2.30. The average Bonchev–Trinajstić information content (AvgIpc) is 2.53.